The summed E-state index contributed by atoms with van der Waals surface area (Å²) in [4.78, 5) is 20.0. The topological polar surface area (TPSA) is 57.8 Å². The number of aromatic nitrogens is 2. The van der Waals surface area contributed by atoms with Crippen molar-refractivity contribution in [2.45, 2.75) is 32.1 Å². The van der Waals surface area contributed by atoms with E-state index < -0.39 is 6.17 Å². The summed E-state index contributed by atoms with van der Waals surface area (Å²) in [7, 11) is 0. The molecule has 0 spiro atoms. The van der Waals surface area contributed by atoms with Crippen LogP contribution in [0.1, 0.15) is 17.0 Å². The van der Waals surface area contributed by atoms with Gasteiger partial charge in [0, 0.05) is 36.3 Å². The minimum Gasteiger partial charge on any atom is -0.395 e. The third-order valence-corrected chi connectivity index (χ3v) is 4.49. The van der Waals surface area contributed by atoms with E-state index >= 15 is 0 Å². The Morgan fingerprint density at radius 2 is 2.40 bits per heavy atom. The van der Waals surface area contributed by atoms with Gasteiger partial charge in [-0.2, -0.15) is 0 Å². The van der Waals surface area contributed by atoms with Gasteiger partial charge in [-0.15, -0.1) is 11.3 Å². The molecule has 1 fully saturated rings. The fourth-order valence-electron chi connectivity index (χ4n) is 2.65. The molecule has 0 radical (unpaired) electrons. The Balaban J connectivity index is 1.89. The van der Waals surface area contributed by atoms with Crippen molar-refractivity contribution in [2.75, 3.05) is 13.2 Å². The molecule has 1 aliphatic heterocycles. The molecule has 0 aliphatic carbocycles. The number of hydrogen-bond acceptors (Lipinski definition) is 5. The lowest BCUT2D eigenvalue weighted by Gasteiger charge is -2.21. The average molecular weight is 297 g/mol. The van der Waals surface area contributed by atoms with Gasteiger partial charge >= 0.3 is 0 Å². The van der Waals surface area contributed by atoms with Gasteiger partial charge in [0.25, 0.3) is 5.56 Å². The van der Waals surface area contributed by atoms with Gasteiger partial charge in [0.15, 0.2) is 4.96 Å². The molecule has 0 aromatic carbocycles. The molecule has 108 valence electrons. The molecule has 0 unspecified atom stereocenters. The summed E-state index contributed by atoms with van der Waals surface area (Å²) in [5.41, 5.74) is 0.510. The van der Waals surface area contributed by atoms with Gasteiger partial charge in [-0.3, -0.25) is 14.1 Å². The number of aliphatic hydroxyl groups excluding tert-OH is 1. The van der Waals surface area contributed by atoms with E-state index in [1.807, 2.05) is 11.8 Å². The smallest absolute Gasteiger partial charge is 0.258 e. The van der Waals surface area contributed by atoms with Crippen molar-refractivity contribution < 1.29 is 9.50 Å². The van der Waals surface area contributed by atoms with Crippen LogP contribution in [0.3, 0.4) is 0 Å². The number of thiazole rings is 1. The van der Waals surface area contributed by atoms with Gasteiger partial charge in [0.2, 0.25) is 0 Å². The number of aliphatic hydroxyl groups is 1. The predicted molar refractivity (Wildman–Crippen MR) is 74.9 cm³/mol. The Morgan fingerprint density at radius 1 is 1.60 bits per heavy atom. The third kappa shape index (κ3) is 2.48. The normalized spacial score (nSPS) is 23.8. The Morgan fingerprint density at radius 3 is 3.15 bits per heavy atom. The van der Waals surface area contributed by atoms with Crippen molar-refractivity contribution in [1.82, 2.24) is 14.3 Å². The third-order valence-electron chi connectivity index (χ3n) is 3.59. The summed E-state index contributed by atoms with van der Waals surface area (Å²) >= 11 is 1.46. The van der Waals surface area contributed by atoms with Crippen molar-refractivity contribution >= 4 is 16.3 Å². The standard InChI is InChI=1S/C13H16FN3O2S/c1-8-4-17-12(19)3-10(15-13(17)20-8)6-16-5-9(14)2-11(16)7-18/h3-4,9,11,18H,2,5-7H2,1H3/t9-,11-/m0/s1. The molecule has 3 rings (SSSR count). The lowest BCUT2D eigenvalue weighted by atomic mass is 10.2. The highest BCUT2D eigenvalue weighted by atomic mass is 32.1. The molecule has 2 atom stereocenters. The number of alkyl halides is 1. The van der Waals surface area contributed by atoms with Crippen LogP contribution in [0.4, 0.5) is 4.39 Å². The molecule has 0 saturated carbocycles. The lowest BCUT2D eigenvalue weighted by molar-refractivity contribution is 0.152. The summed E-state index contributed by atoms with van der Waals surface area (Å²) in [6, 6.07) is 1.30. The highest BCUT2D eigenvalue weighted by Crippen LogP contribution is 2.22. The Hall–Kier alpha value is -1.31. The van der Waals surface area contributed by atoms with Crippen LogP contribution in [0.25, 0.3) is 4.96 Å². The zero-order chi connectivity index (χ0) is 14.3. The zero-order valence-electron chi connectivity index (χ0n) is 11.1. The van der Waals surface area contributed by atoms with Gasteiger partial charge in [-0.05, 0) is 13.3 Å². The second-order valence-corrected chi connectivity index (χ2v) is 6.39. The maximum Gasteiger partial charge on any atom is 0.258 e. The molecule has 2 aromatic rings. The van der Waals surface area contributed by atoms with E-state index in [4.69, 9.17) is 0 Å². The Bertz CT molecular complexity index is 684. The SMILES string of the molecule is Cc1cn2c(=O)cc(CN3C[C@@H](F)C[C@H]3CO)nc2s1. The van der Waals surface area contributed by atoms with E-state index in [0.29, 0.717) is 23.6 Å². The van der Waals surface area contributed by atoms with Crippen molar-refractivity contribution in [3.63, 3.8) is 0 Å². The largest absolute Gasteiger partial charge is 0.395 e. The maximum atomic E-state index is 13.4. The first-order chi connectivity index (χ1) is 9.56. The number of likely N-dealkylation sites (tertiary alicyclic amines) is 1. The number of rotatable bonds is 3. The average Bonchev–Trinajstić information content (AvgIpc) is 2.92. The van der Waals surface area contributed by atoms with Crippen molar-refractivity contribution in [1.29, 1.82) is 0 Å². The van der Waals surface area contributed by atoms with Crippen LogP contribution in [-0.4, -0.2) is 44.8 Å². The summed E-state index contributed by atoms with van der Waals surface area (Å²) < 4.78 is 14.9. The van der Waals surface area contributed by atoms with Crippen LogP contribution in [-0.2, 0) is 6.54 Å². The van der Waals surface area contributed by atoms with Crippen LogP contribution in [0.5, 0.6) is 0 Å². The molecule has 5 nitrogen and oxygen atoms in total. The van der Waals surface area contributed by atoms with E-state index in [1.165, 1.54) is 21.8 Å². The maximum absolute atomic E-state index is 13.4. The number of halogens is 1. The quantitative estimate of drug-likeness (QED) is 0.917. The van der Waals surface area contributed by atoms with E-state index in [1.54, 1.807) is 6.20 Å². The number of nitrogens with zero attached hydrogens (tertiary/aromatic N) is 3. The molecule has 0 amide bonds. The van der Waals surface area contributed by atoms with Crippen molar-refractivity contribution in [2.24, 2.45) is 0 Å². The van der Waals surface area contributed by atoms with Crippen LogP contribution in [0.2, 0.25) is 0 Å². The first-order valence-corrected chi connectivity index (χ1v) is 7.36. The van der Waals surface area contributed by atoms with Crippen LogP contribution in [0, 0.1) is 6.92 Å². The molecule has 1 aliphatic rings. The molecular weight excluding hydrogens is 281 g/mol. The minimum atomic E-state index is -0.916. The molecule has 1 saturated heterocycles. The fourth-order valence-corrected chi connectivity index (χ4v) is 3.50. The van der Waals surface area contributed by atoms with E-state index in [-0.39, 0.29) is 24.8 Å². The van der Waals surface area contributed by atoms with Crippen LogP contribution in [0.15, 0.2) is 17.1 Å². The van der Waals surface area contributed by atoms with E-state index in [9.17, 15) is 14.3 Å². The van der Waals surface area contributed by atoms with Gasteiger partial charge < -0.3 is 5.11 Å². The summed E-state index contributed by atoms with van der Waals surface area (Å²) in [6.07, 6.45) is 1.19. The second kappa shape index (κ2) is 5.23. The van der Waals surface area contributed by atoms with Gasteiger partial charge in [0.05, 0.1) is 12.3 Å². The summed E-state index contributed by atoms with van der Waals surface area (Å²) in [5, 5.41) is 9.27. The Kier molecular flexibility index (Phi) is 3.57. The van der Waals surface area contributed by atoms with Crippen LogP contribution < -0.4 is 5.56 Å². The highest BCUT2D eigenvalue weighted by Gasteiger charge is 2.31. The van der Waals surface area contributed by atoms with Crippen LogP contribution >= 0.6 is 11.3 Å². The predicted octanol–water partition coefficient (Wildman–Crippen LogP) is 0.969. The first kappa shape index (κ1) is 13.7. The molecule has 20 heavy (non-hydrogen) atoms. The summed E-state index contributed by atoms with van der Waals surface area (Å²) in [6.45, 7) is 2.54. The molecule has 1 N–H and O–H groups in total. The van der Waals surface area contributed by atoms with Gasteiger partial charge in [0.1, 0.15) is 6.17 Å². The lowest BCUT2D eigenvalue weighted by Crippen LogP contribution is -2.32. The highest BCUT2D eigenvalue weighted by molar-refractivity contribution is 7.16. The van der Waals surface area contributed by atoms with Crippen molar-refractivity contribution in [3.05, 3.63) is 33.2 Å². The van der Waals surface area contributed by atoms with Gasteiger partial charge in [-0.25, -0.2) is 9.37 Å². The molecule has 7 heteroatoms. The fraction of sp³-hybridized carbons (Fsp3) is 0.538. The molecule has 0 bridgehead atoms. The van der Waals surface area contributed by atoms with Crippen molar-refractivity contribution in [3.8, 4) is 0 Å². The number of aryl methyl sites for hydroxylation is 1. The molecular formula is C13H16FN3O2S. The minimum absolute atomic E-state index is 0.0697. The molecule has 3 heterocycles. The summed E-state index contributed by atoms with van der Waals surface area (Å²) in [5.74, 6) is 0. The van der Waals surface area contributed by atoms with E-state index in [0.717, 1.165) is 4.88 Å². The first-order valence-electron chi connectivity index (χ1n) is 6.54. The van der Waals surface area contributed by atoms with Gasteiger partial charge in [-0.1, -0.05) is 0 Å². The molecule has 2 aromatic heterocycles. The van der Waals surface area contributed by atoms with E-state index in [2.05, 4.69) is 4.98 Å². The number of hydrogen-bond donors (Lipinski definition) is 1. The number of fused-ring (bicyclic) bond motifs is 1. The Labute approximate surface area is 119 Å². The monoisotopic (exact) mass is 297 g/mol. The zero-order valence-corrected chi connectivity index (χ0v) is 11.9. The second-order valence-electron chi connectivity index (χ2n) is 5.18.